The summed E-state index contributed by atoms with van der Waals surface area (Å²) in [6.07, 6.45) is 5.16. The molecule has 2 aromatic rings. The molecule has 0 amide bonds. The van der Waals surface area contributed by atoms with Crippen LogP contribution in [0.2, 0.25) is 0 Å². The fourth-order valence-corrected chi connectivity index (χ4v) is 3.12. The molecule has 3 rings (SSSR count). The number of hydrogen-bond acceptors (Lipinski definition) is 4. The van der Waals surface area contributed by atoms with Crippen LogP contribution < -0.4 is 11.1 Å². The molecular formula is C14H19N3O. The van der Waals surface area contributed by atoms with Crippen molar-refractivity contribution in [2.45, 2.75) is 25.3 Å². The van der Waals surface area contributed by atoms with Gasteiger partial charge >= 0.3 is 0 Å². The van der Waals surface area contributed by atoms with Crippen molar-refractivity contribution in [3.63, 3.8) is 0 Å². The van der Waals surface area contributed by atoms with E-state index in [-0.39, 0.29) is 5.41 Å². The van der Waals surface area contributed by atoms with Gasteiger partial charge in [-0.15, -0.1) is 0 Å². The molecule has 18 heavy (non-hydrogen) atoms. The number of hydrogen-bond donors (Lipinski definition) is 2. The Balaban J connectivity index is 1.99. The molecule has 0 aliphatic heterocycles. The zero-order chi connectivity index (χ0) is 12.6. The van der Waals surface area contributed by atoms with Crippen LogP contribution >= 0.6 is 0 Å². The van der Waals surface area contributed by atoms with E-state index in [4.69, 9.17) is 10.2 Å². The minimum Gasteiger partial charge on any atom is -0.443 e. The second-order valence-electron chi connectivity index (χ2n) is 5.22. The van der Waals surface area contributed by atoms with E-state index < -0.39 is 0 Å². The van der Waals surface area contributed by atoms with Crippen LogP contribution in [-0.2, 0) is 0 Å². The zero-order valence-corrected chi connectivity index (χ0v) is 10.6. The van der Waals surface area contributed by atoms with E-state index in [1.807, 2.05) is 13.1 Å². The van der Waals surface area contributed by atoms with E-state index in [0.717, 1.165) is 17.6 Å². The van der Waals surface area contributed by atoms with Gasteiger partial charge in [-0.05, 0) is 44.1 Å². The van der Waals surface area contributed by atoms with Crippen molar-refractivity contribution in [1.29, 1.82) is 0 Å². The molecule has 96 valence electrons. The average Bonchev–Trinajstić information content (AvgIpc) is 2.80. The lowest BCUT2D eigenvalue weighted by molar-refractivity contribution is 0.0880. The summed E-state index contributed by atoms with van der Waals surface area (Å²) >= 11 is 0. The van der Waals surface area contributed by atoms with Crippen LogP contribution in [0.1, 0.15) is 30.9 Å². The van der Waals surface area contributed by atoms with Crippen LogP contribution in [0, 0.1) is 5.41 Å². The number of nitrogens with one attached hydrogen (secondary N) is 1. The molecule has 4 nitrogen and oxygen atoms in total. The minimum atomic E-state index is 0.211. The molecule has 1 aliphatic rings. The van der Waals surface area contributed by atoms with Gasteiger partial charge in [0, 0.05) is 11.5 Å². The van der Waals surface area contributed by atoms with Crippen molar-refractivity contribution in [2.75, 3.05) is 13.6 Å². The molecule has 4 heteroatoms. The first-order valence-electron chi connectivity index (χ1n) is 6.49. The van der Waals surface area contributed by atoms with E-state index in [2.05, 4.69) is 22.4 Å². The lowest BCUT2D eigenvalue weighted by Gasteiger charge is -2.47. The van der Waals surface area contributed by atoms with Gasteiger partial charge in [0.2, 0.25) is 0 Å². The highest BCUT2D eigenvalue weighted by atomic mass is 16.3. The zero-order valence-electron chi connectivity index (χ0n) is 10.6. The highest BCUT2D eigenvalue weighted by Gasteiger charge is 2.43. The van der Waals surface area contributed by atoms with Crippen LogP contribution in [0.25, 0.3) is 11.1 Å². The Kier molecular flexibility index (Phi) is 2.84. The number of benzene rings is 1. The van der Waals surface area contributed by atoms with Gasteiger partial charge in [0.15, 0.2) is 12.0 Å². The predicted molar refractivity (Wildman–Crippen MR) is 71.1 cm³/mol. The third kappa shape index (κ3) is 1.64. The summed E-state index contributed by atoms with van der Waals surface area (Å²) in [5.74, 6) is 0. The largest absolute Gasteiger partial charge is 0.443 e. The van der Waals surface area contributed by atoms with Crippen molar-refractivity contribution in [1.82, 2.24) is 10.3 Å². The topological polar surface area (TPSA) is 64.1 Å². The fourth-order valence-electron chi connectivity index (χ4n) is 3.12. The summed E-state index contributed by atoms with van der Waals surface area (Å²) in [7, 11) is 2.00. The van der Waals surface area contributed by atoms with Gasteiger partial charge in [-0.1, -0.05) is 12.5 Å². The number of aromatic nitrogens is 1. The molecule has 0 spiro atoms. The summed E-state index contributed by atoms with van der Waals surface area (Å²) < 4.78 is 5.38. The smallest absolute Gasteiger partial charge is 0.181 e. The number of nitrogens with zero attached hydrogens (tertiary/aromatic N) is 1. The first kappa shape index (κ1) is 11.7. The van der Waals surface area contributed by atoms with Crippen molar-refractivity contribution in [3.05, 3.63) is 30.2 Å². The normalized spacial score (nSPS) is 19.7. The molecule has 1 aliphatic carbocycles. The Hall–Kier alpha value is -1.39. The second kappa shape index (κ2) is 4.37. The average molecular weight is 245 g/mol. The monoisotopic (exact) mass is 245 g/mol. The van der Waals surface area contributed by atoms with Crippen LogP contribution in [-0.4, -0.2) is 18.6 Å². The van der Waals surface area contributed by atoms with E-state index in [0.29, 0.717) is 6.04 Å². The second-order valence-corrected chi connectivity index (χ2v) is 5.22. The summed E-state index contributed by atoms with van der Waals surface area (Å²) in [6.45, 7) is 0.729. The van der Waals surface area contributed by atoms with E-state index >= 15 is 0 Å². The maximum atomic E-state index is 6.00. The van der Waals surface area contributed by atoms with Crippen LogP contribution in [0.5, 0.6) is 0 Å². The molecular weight excluding hydrogens is 226 g/mol. The van der Waals surface area contributed by atoms with Crippen molar-refractivity contribution in [2.24, 2.45) is 11.1 Å². The van der Waals surface area contributed by atoms with Gasteiger partial charge in [-0.25, -0.2) is 4.98 Å². The van der Waals surface area contributed by atoms with Crippen molar-refractivity contribution in [3.8, 4) is 0 Å². The summed E-state index contributed by atoms with van der Waals surface area (Å²) in [5.41, 5.74) is 9.21. The van der Waals surface area contributed by atoms with E-state index in [1.165, 1.54) is 31.2 Å². The van der Waals surface area contributed by atoms with E-state index in [9.17, 15) is 0 Å². The Morgan fingerprint density at radius 2 is 2.33 bits per heavy atom. The summed E-state index contributed by atoms with van der Waals surface area (Å²) in [6, 6.07) is 6.52. The Morgan fingerprint density at radius 1 is 1.50 bits per heavy atom. The molecule has 1 aromatic carbocycles. The minimum absolute atomic E-state index is 0.211. The van der Waals surface area contributed by atoms with Gasteiger partial charge in [-0.3, -0.25) is 0 Å². The Bertz CT molecular complexity index is 539. The predicted octanol–water partition coefficient (Wildman–Crippen LogP) is 2.22. The van der Waals surface area contributed by atoms with Gasteiger partial charge in [0.05, 0.1) is 0 Å². The molecule has 1 unspecified atom stereocenters. The summed E-state index contributed by atoms with van der Waals surface area (Å²) in [5, 5.41) is 3.43. The lowest BCUT2D eigenvalue weighted by Crippen LogP contribution is -2.47. The van der Waals surface area contributed by atoms with Gasteiger partial charge in [0.1, 0.15) is 5.52 Å². The lowest BCUT2D eigenvalue weighted by atomic mass is 9.62. The number of nitrogens with two attached hydrogens (primary N) is 1. The van der Waals surface area contributed by atoms with Gasteiger partial charge in [0.25, 0.3) is 0 Å². The maximum absolute atomic E-state index is 6.00. The molecule has 1 heterocycles. The Morgan fingerprint density at radius 3 is 2.94 bits per heavy atom. The summed E-state index contributed by atoms with van der Waals surface area (Å²) in [4.78, 5) is 4.15. The molecule has 0 saturated heterocycles. The van der Waals surface area contributed by atoms with Crippen molar-refractivity contribution >= 4 is 11.1 Å². The van der Waals surface area contributed by atoms with Gasteiger partial charge < -0.3 is 15.5 Å². The molecule has 0 radical (unpaired) electrons. The maximum Gasteiger partial charge on any atom is 0.181 e. The molecule has 1 fully saturated rings. The molecule has 3 N–H and O–H groups in total. The first-order valence-corrected chi connectivity index (χ1v) is 6.49. The highest BCUT2D eigenvalue weighted by molar-refractivity contribution is 5.73. The fraction of sp³-hybridized carbons (Fsp3) is 0.500. The van der Waals surface area contributed by atoms with Crippen LogP contribution in [0.4, 0.5) is 0 Å². The van der Waals surface area contributed by atoms with E-state index in [1.54, 1.807) is 0 Å². The number of fused-ring (bicyclic) bond motifs is 1. The third-order valence-electron chi connectivity index (χ3n) is 4.35. The Labute approximate surface area is 107 Å². The van der Waals surface area contributed by atoms with Gasteiger partial charge in [-0.2, -0.15) is 0 Å². The molecule has 1 atom stereocenters. The number of rotatable bonds is 4. The highest BCUT2D eigenvalue weighted by Crippen LogP contribution is 2.49. The number of oxazole rings is 1. The standard InChI is InChI=1S/C14H19N3O/c1-16-13(14(8-15)5-2-6-14)10-3-4-11-12(7-10)18-9-17-11/h3-4,7,9,13,16H,2,5-6,8,15H2,1H3. The molecule has 0 bridgehead atoms. The van der Waals surface area contributed by atoms with Crippen LogP contribution in [0.15, 0.2) is 29.0 Å². The first-order chi connectivity index (χ1) is 8.79. The molecule has 1 aromatic heterocycles. The quantitative estimate of drug-likeness (QED) is 0.867. The van der Waals surface area contributed by atoms with Crippen LogP contribution in [0.3, 0.4) is 0 Å². The SMILES string of the molecule is CNC(c1ccc2ncoc2c1)C1(CN)CCC1. The molecule has 1 saturated carbocycles. The third-order valence-corrected chi connectivity index (χ3v) is 4.35. The van der Waals surface area contributed by atoms with Crippen molar-refractivity contribution < 1.29 is 4.42 Å².